The topological polar surface area (TPSA) is 67.8 Å². The van der Waals surface area contributed by atoms with Gasteiger partial charge >= 0.3 is 0 Å². The minimum Gasteiger partial charge on any atom is -0.550 e. The van der Waals surface area contributed by atoms with Crippen LogP contribution in [-0.4, -0.2) is 12.0 Å². The molecule has 1 aliphatic rings. The van der Waals surface area contributed by atoms with Gasteiger partial charge in [0.2, 0.25) is 0 Å². The minimum atomic E-state index is -0.895. The largest absolute Gasteiger partial charge is 0.550 e. The van der Waals surface area contributed by atoms with Gasteiger partial charge in [-0.1, -0.05) is 0 Å². The van der Waals surface area contributed by atoms with Crippen LogP contribution in [0.15, 0.2) is 0 Å². The molecule has 1 aliphatic carbocycles. The van der Waals surface area contributed by atoms with E-state index in [0.29, 0.717) is 12.5 Å². The first-order valence-electron chi connectivity index (χ1n) is 3.74. The minimum absolute atomic E-state index is 0.226. The van der Waals surface area contributed by atoms with E-state index in [4.69, 9.17) is 0 Å². The maximum absolute atomic E-state index is 10.4. The molecule has 1 saturated carbocycles. The van der Waals surface area contributed by atoms with Gasteiger partial charge in [-0.2, -0.15) is 0 Å². The second-order valence-corrected chi connectivity index (χ2v) is 3.05. The Labute approximate surface area is 60.2 Å². The smallest absolute Gasteiger partial charge is 0.0849 e. The quantitative estimate of drug-likeness (QED) is 0.487. The molecule has 0 spiro atoms. The monoisotopic (exact) mass is 143 g/mol. The second-order valence-electron chi connectivity index (χ2n) is 3.05. The summed E-state index contributed by atoms with van der Waals surface area (Å²) in [4.78, 5) is 10.4. The first-order valence-corrected chi connectivity index (χ1v) is 3.74. The van der Waals surface area contributed by atoms with Crippen molar-refractivity contribution in [1.82, 2.24) is 0 Å². The number of hydrogen-bond acceptors (Lipinski definition) is 2. The summed E-state index contributed by atoms with van der Waals surface area (Å²) in [5.41, 5.74) is 3.84. The molecular formula is C7H13NO2. The molecule has 3 N–H and O–H groups in total. The van der Waals surface area contributed by atoms with Crippen molar-refractivity contribution < 1.29 is 15.6 Å². The summed E-state index contributed by atoms with van der Waals surface area (Å²) in [7, 11) is 0. The predicted octanol–water partition coefficient (Wildman–Crippen LogP) is -1.46. The highest BCUT2D eigenvalue weighted by atomic mass is 16.4. The summed E-state index contributed by atoms with van der Waals surface area (Å²) in [6, 6.07) is 0.330. The third-order valence-electron chi connectivity index (χ3n) is 2.12. The SMILES string of the molecule is [NH3+][C@@H]1CCC[C@H](C(=O)[O-])C1. The fraction of sp³-hybridized carbons (Fsp3) is 0.857. The molecule has 0 aromatic carbocycles. The van der Waals surface area contributed by atoms with Crippen molar-refractivity contribution in [3.8, 4) is 0 Å². The molecule has 58 valence electrons. The van der Waals surface area contributed by atoms with Gasteiger partial charge in [-0.05, 0) is 19.3 Å². The molecular weight excluding hydrogens is 130 g/mol. The van der Waals surface area contributed by atoms with Crippen molar-refractivity contribution in [1.29, 1.82) is 0 Å². The molecule has 10 heavy (non-hydrogen) atoms. The van der Waals surface area contributed by atoms with Crippen LogP contribution < -0.4 is 10.8 Å². The molecule has 2 atom stereocenters. The van der Waals surface area contributed by atoms with E-state index in [2.05, 4.69) is 5.73 Å². The van der Waals surface area contributed by atoms with Gasteiger partial charge in [0.1, 0.15) is 0 Å². The summed E-state index contributed by atoms with van der Waals surface area (Å²) in [5.74, 6) is -1.12. The van der Waals surface area contributed by atoms with Crippen molar-refractivity contribution in [2.24, 2.45) is 5.92 Å². The highest BCUT2D eigenvalue weighted by Crippen LogP contribution is 2.21. The molecule has 0 heterocycles. The lowest BCUT2D eigenvalue weighted by Gasteiger charge is -2.24. The van der Waals surface area contributed by atoms with E-state index in [-0.39, 0.29) is 5.92 Å². The lowest BCUT2D eigenvalue weighted by atomic mass is 9.86. The average Bonchev–Trinajstić information content (AvgIpc) is 1.88. The van der Waals surface area contributed by atoms with Gasteiger partial charge in [-0.25, -0.2) is 0 Å². The van der Waals surface area contributed by atoms with E-state index < -0.39 is 5.97 Å². The van der Waals surface area contributed by atoms with E-state index in [1.165, 1.54) is 0 Å². The van der Waals surface area contributed by atoms with Crippen LogP contribution in [0.5, 0.6) is 0 Å². The van der Waals surface area contributed by atoms with Crippen molar-refractivity contribution in [2.45, 2.75) is 31.7 Å². The number of carbonyl (C=O) groups is 1. The van der Waals surface area contributed by atoms with Crippen LogP contribution in [0, 0.1) is 5.92 Å². The number of carbonyl (C=O) groups excluding carboxylic acids is 1. The summed E-state index contributed by atoms with van der Waals surface area (Å²) in [5, 5.41) is 10.4. The van der Waals surface area contributed by atoms with Gasteiger partial charge in [0.25, 0.3) is 0 Å². The third kappa shape index (κ3) is 1.70. The Balaban J connectivity index is 2.39. The van der Waals surface area contributed by atoms with E-state index in [1.54, 1.807) is 0 Å². The van der Waals surface area contributed by atoms with Crippen LogP contribution in [0.2, 0.25) is 0 Å². The third-order valence-corrected chi connectivity index (χ3v) is 2.12. The zero-order chi connectivity index (χ0) is 7.56. The number of quaternary nitrogens is 1. The Morgan fingerprint density at radius 1 is 1.50 bits per heavy atom. The number of carboxylic acids is 1. The maximum Gasteiger partial charge on any atom is 0.0849 e. The van der Waals surface area contributed by atoms with Crippen LogP contribution in [0.4, 0.5) is 0 Å². The highest BCUT2D eigenvalue weighted by molar-refractivity contribution is 5.67. The molecule has 1 rings (SSSR count). The summed E-state index contributed by atoms with van der Waals surface area (Å²) in [6.45, 7) is 0. The fourth-order valence-electron chi connectivity index (χ4n) is 1.51. The molecule has 0 unspecified atom stereocenters. The Bertz CT molecular complexity index is 136. The molecule has 1 fully saturated rings. The molecule has 0 aromatic rings. The van der Waals surface area contributed by atoms with Crippen LogP contribution in [0.3, 0.4) is 0 Å². The molecule has 0 saturated heterocycles. The normalized spacial score (nSPS) is 33.7. The van der Waals surface area contributed by atoms with Gasteiger partial charge < -0.3 is 15.6 Å². The van der Waals surface area contributed by atoms with Crippen LogP contribution in [-0.2, 0) is 4.79 Å². The lowest BCUT2D eigenvalue weighted by molar-refractivity contribution is -0.429. The van der Waals surface area contributed by atoms with Crippen LogP contribution in [0.1, 0.15) is 25.7 Å². The van der Waals surface area contributed by atoms with E-state index in [0.717, 1.165) is 19.3 Å². The Kier molecular flexibility index (Phi) is 2.27. The van der Waals surface area contributed by atoms with Crippen molar-refractivity contribution in [3.05, 3.63) is 0 Å². The predicted molar refractivity (Wildman–Crippen MR) is 33.6 cm³/mol. The molecule has 0 bridgehead atoms. The molecule has 3 nitrogen and oxygen atoms in total. The van der Waals surface area contributed by atoms with Crippen molar-refractivity contribution in [2.75, 3.05) is 0 Å². The Morgan fingerprint density at radius 2 is 2.20 bits per heavy atom. The van der Waals surface area contributed by atoms with Gasteiger partial charge in [0.15, 0.2) is 0 Å². The molecule has 0 radical (unpaired) electrons. The summed E-state index contributed by atoms with van der Waals surface area (Å²) < 4.78 is 0. The van der Waals surface area contributed by atoms with Gasteiger partial charge in [0.05, 0.1) is 6.04 Å². The Morgan fingerprint density at radius 3 is 2.60 bits per heavy atom. The molecule has 0 aromatic heterocycles. The van der Waals surface area contributed by atoms with Gasteiger partial charge in [-0.3, -0.25) is 0 Å². The standard InChI is InChI=1S/C7H13NO2/c8-6-3-1-2-5(4-6)7(9)10/h5-6H,1-4,8H2,(H,9,10)/t5-,6+/m0/s1. The number of rotatable bonds is 1. The van der Waals surface area contributed by atoms with Crippen molar-refractivity contribution >= 4 is 5.97 Å². The number of carboxylic acid groups (broad SMARTS) is 1. The summed E-state index contributed by atoms with van der Waals surface area (Å²) >= 11 is 0. The van der Waals surface area contributed by atoms with Gasteiger partial charge in [-0.15, -0.1) is 0 Å². The van der Waals surface area contributed by atoms with E-state index >= 15 is 0 Å². The first kappa shape index (κ1) is 7.54. The van der Waals surface area contributed by atoms with Gasteiger partial charge in [0, 0.05) is 18.3 Å². The zero-order valence-corrected chi connectivity index (χ0v) is 6.01. The second kappa shape index (κ2) is 3.01. The molecule has 0 aliphatic heterocycles. The fourth-order valence-corrected chi connectivity index (χ4v) is 1.51. The highest BCUT2D eigenvalue weighted by Gasteiger charge is 2.21. The Hall–Kier alpha value is -0.570. The molecule has 0 amide bonds. The zero-order valence-electron chi connectivity index (χ0n) is 6.01. The van der Waals surface area contributed by atoms with E-state index in [1.807, 2.05) is 0 Å². The van der Waals surface area contributed by atoms with Crippen molar-refractivity contribution in [3.63, 3.8) is 0 Å². The maximum atomic E-state index is 10.4. The average molecular weight is 143 g/mol. The lowest BCUT2D eigenvalue weighted by Crippen LogP contribution is -2.63. The number of aliphatic carboxylic acids is 1. The van der Waals surface area contributed by atoms with Crippen LogP contribution >= 0.6 is 0 Å². The van der Waals surface area contributed by atoms with E-state index in [9.17, 15) is 9.90 Å². The number of hydrogen-bond donors (Lipinski definition) is 1. The first-order chi connectivity index (χ1) is 4.70. The molecule has 3 heteroatoms. The van der Waals surface area contributed by atoms with Crippen LogP contribution in [0.25, 0.3) is 0 Å². The summed E-state index contributed by atoms with van der Waals surface area (Å²) in [6.07, 6.45) is 3.56.